The molecule has 0 amide bonds. The Balaban J connectivity index is 1.83. The molecule has 0 unspecified atom stereocenters. The highest BCUT2D eigenvalue weighted by Crippen LogP contribution is 2.47. The molecule has 2 atom stereocenters. The van der Waals surface area contributed by atoms with Crippen LogP contribution in [-0.4, -0.2) is 16.5 Å². The van der Waals surface area contributed by atoms with E-state index in [4.69, 9.17) is 4.74 Å². The molecule has 1 N–H and O–H groups in total. The molecular formula is C19H17FN2O3. The predicted octanol–water partition coefficient (Wildman–Crippen LogP) is 4.37. The molecule has 1 aliphatic heterocycles. The van der Waals surface area contributed by atoms with Crippen LogP contribution in [0.25, 0.3) is 10.9 Å². The van der Waals surface area contributed by atoms with Crippen LogP contribution in [0, 0.1) is 15.9 Å². The van der Waals surface area contributed by atoms with Crippen LogP contribution in [0.2, 0.25) is 0 Å². The minimum atomic E-state index is -0.731. The Kier molecular flexibility index (Phi) is 3.49. The number of aromatic amines is 1. The van der Waals surface area contributed by atoms with E-state index in [2.05, 4.69) is 4.98 Å². The van der Waals surface area contributed by atoms with Crippen LogP contribution in [0.5, 0.6) is 5.75 Å². The van der Waals surface area contributed by atoms with Gasteiger partial charge in [-0.3, -0.25) is 10.1 Å². The monoisotopic (exact) mass is 340 g/mol. The van der Waals surface area contributed by atoms with Gasteiger partial charge in [-0.15, -0.1) is 0 Å². The third-order valence-corrected chi connectivity index (χ3v) is 4.91. The molecule has 3 aromatic rings. The lowest BCUT2D eigenvalue weighted by molar-refractivity contribution is -0.484. The maximum absolute atomic E-state index is 13.6. The molecule has 25 heavy (non-hydrogen) atoms. The van der Waals surface area contributed by atoms with Crippen LogP contribution in [0.3, 0.4) is 0 Å². The van der Waals surface area contributed by atoms with Crippen molar-refractivity contribution in [3.63, 3.8) is 0 Å². The number of rotatable bonds is 3. The molecular weight excluding hydrogens is 323 g/mol. The molecule has 0 bridgehead atoms. The van der Waals surface area contributed by atoms with Gasteiger partial charge < -0.3 is 9.72 Å². The normalized spacial score (nSPS) is 22.4. The number of benzene rings is 2. The van der Waals surface area contributed by atoms with Gasteiger partial charge in [0, 0.05) is 39.6 Å². The average molecular weight is 340 g/mol. The summed E-state index contributed by atoms with van der Waals surface area (Å²) in [5.74, 6) is -0.313. The molecule has 5 nitrogen and oxygen atoms in total. The maximum Gasteiger partial charge on any atom is 0.210 e. The minimum absolute atomic E-state index is 0.252. The molecule has 0 saturated carbocycles. The van der Waals surface area contributed by atoms with E-state index >= 15 is 0 Å². The van der Waals surface area contributed by atoms with Gasteiger partial charge in [0.1, 0.15) is 17.2 Å². The van der Waals surface area contributed by atoms with Gasteiger partial charge >= 0.3 is 0 Å². The first-order valence-electron chi connectivity index (χ1n) is 8.13. The van der Waals surface area contributed by atoms with Crippen molar-refractivity contribution in [2.24, 2.45) is 0 Å². The standard InChI is InChI=1S/C19H17FN2O3/c1-19(16-10-21-17-5-3-2-4-14(16)17)9-12(11-22(23)24)15-8-13(20)6-7-18(15)25-19/h2-8,10,12,21H,9,11H2,1H3/t12-,19-/m1/s1. The fourth-order valence-electron chi connectivity index (χ4n) is 3.81. The first-order valence-corrected chi connectivity index (χ1v) is 8.13. The lowest BCUT2D eigenvalue weighted by Crippen LogP contribution is -2.37. The highest BCUT2D eigenvalue weighted by molar-refractivity contribution is 5.84. The molecule has 128 valence electrons. The van der Waals surface area contributed by atoms with Crippen molar-refractivity contribution >= 4 is 10.9 Å². The molecule has 1 aliphatic rings. The lowest BCUT2D eigenvalue weighted by Gasteiger charge is -2.39. The Morgan fingerprint density at radius 3 is 2.96 bits per heavy atom. The average Bonchev–Trinajstić information content (AvgIpc) is 3.00. The highest BCUT2D eigenvalue weighted by Gasteiger charge is 2.42. The van der Waals surface area contributed by atoms with Crippen molar-refractivity contribution in [1.29, 1.82) is 0 Å². The number of nitrogens with zero attached hydrogens (tertiary/aromatic N) is 1. The van der Waals surface area contributed by atoms with Crippen molar-refractivity contribution < 1.29 is 14.1 Å². The number of ether oxygens (including phenoxy) is 1. The zero-order valence-electron chi connectivity index (χ0n) is 13.7. The lowest BCUT2D eigenvalue weighted by atomic mass is 9.79. The fourth-order valence-corrected chi connectivity index (χ4v) is 3.81. The van der Waals surface area contributed by atoms with E-state index in [1.165, 1.54) is 12.1 Å². The zero-order valence-corrected chi connectivity index (χ0v) is 13.7. The largest absolute Gasteiger partial charge is 0.482 e. The number of aromatic nitrogens is 1. The number of halogens is 1. The van der Waals surface area contributed by atoms with E-state index in [1.807, 2.05) is 37.4 Å². The van der Waals surface area contributed by atoms with E-state index < -0.39 is 17.3 Å². The second-order valence-electron chi connectivity index (χ2n) is 6.68. The number of H-pyrrole nitrogens is 1. The maximum atomic E-state index is 13.6. The van der Waals surface area contributed by atoms with Gasteiger partial charge in [0.15, 0.2) is 0 Å². The van der Waals surface area contributed by atoms with Crippen molar-refractivity contribution in [3.05, 3.63) is 75.7 Å². The molecule has 4 rings (SSSR count). The van der Waals surface area contributed by atoms with Crippen LogP contribution < -0.4 is 4.74 Å². The third kappa shape index (κ3) is 2.63. The summed E-state index contributed by atoms with van der Waals surface area (Å²) in [5.41, 5.74) is 1.77. The quantitative estimate of drug-likeness (QED) is 0.569. The van der Waals surface area contributed by atoms with Crippen molar-refractivity contribution in [1.82, 2.24) is 4.98 Å². The molecule has 6 heteroatoms. The summed E-state index contributed by atoms with van der Waals surface area (Å²) in [4.78, 5) is 14.0. The number of para-hydroxylation sites is 1. The van der Waals surface area contributed by atoms with Gasteiger partial charge in [-0.2, -0.15) is 0 Å². The Morgan fingerprint density at radius 2 is 2.16 bits per heavy atom. The Bertz CT molecular complexity index is 968. The summed E-state index contributed by atoms with van der Waals surface area (Å²) < 4.78 is 19.9. The summed E-state index contributed by atoms with van der Waals surface area (Å²) in [6.45, 7) is 1.68. The number of hydrogen-bond acceptors (Lipinski definition) is 3. The van der Waals surface area contributed by atoms with Crippen LogP contribution in [0.15, 0.2) is 48.7 Å². The van der Waals surface area contributed by atoms with Crippen molar-refractivity contribution in [3.8, 4) is 5.75 Å². The summed E-state index contributed by atoms with van der Waals surface area (Å²) in [5, 5.41) is 12.2. The first-order chi connectivity index (χ1) is 12.0. The SMILES string of the molecule is C[C@]1(c2c[nH]c3ccccc23)C[C@H](C[N+](=O)[O-])c2cc(F)ccc2O1. The summed E-state index contributed by atoms with van der Waals surface area (Å²) >= 11 is 0. The van der Waals surface area contributed by atoms with E-state index in [9.17, 15) is 14.5 Å². The number of nitrogens with one attached hydrogen (secondary N) is 1. The number of fused-ring (bicyclic) bond motifs is 2. The molecule has 0 fully saturated rings. The van der Waals surface area contributed by atoms with E-state index in [0.29, 0.717) is 17.7 Å². The smallest absolute Gasteiger partial charge is 0.210 e. The Morgan fingerprint density at radius 1 is 1.36 bits per heavy atom. The molecule has 0 radical (unpaired) electrons. The van der Waals surface area contributed by atoms with Crippen LogP contribution >= 0.6 is 0 Å². The van der Waals surface area contributed by atoms with Crippen LogP contribution in [-0.2, 0) is 5.60 Å². The Labute approximate surface area is 143 Å². The topological polar surface area (TPSA) is 68.2 Å². The van der Waals surface area contributed by atoms with E-state index in [1.54, 1.807) is 6.07 Å². The third-order valence-electron chi connectivity index (χ3n) is 4.91. The van der Waals surface area contributed by atoms with E-state index in [-0.39, 0.29) is 11.5 Å². The second kappa shape index (κ2) is 5.58. The van der Waals surface area contributed by atoms with Gasteiger partial charge in [0.2, 0.25) is 6.54 Å². The first kappa shape index (κ1) is 15.6. The molecule has 0 spiro atoms. The van der Waals surface area contributed by atoms with Crippen LogP contribution in [0.1, 0.15) is 30.4 Å². The van der Waals surface area contributed by atoms with Gasteiger partial charge in [-0.1, -0.05) is 18.2 Å². The van der Waals surface area contributed by atoms with Gasteiger partial charge in [-0.05, 0) is 31.2 Å². The van der Waals surface area contributed by atoms with Crippen molar-refractivity contribution in [2.75, 3.05) is 6.54 Å². The summed E-state index contributed by atoms with van der Waals surface area (Å²) in [7, 11) is 0. The van der Waals surface area contributed by atoms with E-state index in [0.717, 1.165) is 16.5 Å². The van der Waals surface area contributed by atoms with Gasteiger partial charge in [0.25, 0.3) is 0 Å². The molecule has 0 saturated heterocycles. The minimum Gasteiger partial charge on any atom is -0.482 e. The fraction of sp³-hybridized carbons (Fsp3) is 0.263. The highest BCUT2D eigenvalue weighted by atomic mass is 19.1. The molecule has 1 aromatic heterocycles. The number of nitro groups is 1. The van der Waals surface area contributed by atoms with Gasteiger partial charge in [0.05, 0.1) is 5.92 Å². The summed E-state index contributed by atoms with van der Waals surface area (Å²) in [6.07, 6.45) is 2.30. The Hall–Kier alpha value is -2.89. The van der Waals surface area contributed by atoms with Crippen LogP contribution in [0.4, 0.5) is 4.39 Å². The van der Waals surface area contributed by atoms with Crippen molar-refractivity contribution in [2.45, 2.75) is 24.9 Å². The predicted molar refractivity (Wildman–Crippen MR) is 91.9 cm³/mol. The molecule has 2 aromatic carbocycles. The number of hydrogen-bond donors (Lipinski definition) is 1. The molecule has 2 heterocycles. The molecule has 0 aliphatic carbocycles. The van der Waals surface area contributed by atoms with Gasteiger partial charge in [-0.25, -0.2) is 4.39 Å². The second-order valence-corrected chi connectivity index (χ2v) is 6.68. The summed E-state index contributed by atoms with van der Waals surface area (Å²) in [6, 6.07) is 12.1. The zero-order chi connectivity index (χ0) is 17.6.